The van der Waals surface area contributed by atoms with Crippen LogP contribution in [0.2, 0.25) is 5.02 Å². The highest BCUT2D eigenvalue weighted by molar-refractivity contribution is 6.32. The van der Waals surface area contributed by atoms with E-state index in [2.05, 4.69) is 5.32 Å². The zero-order valence-corrected chi connectivity index (χ0v) is 14.4. The smallest absolute Gasteiger partial charge is 0.260 e. The standard InChI is InChI=1S/C18H20ClNO4/c1-13(24-17-9-4-3-8-16(17)19)18(21)20-10-11-23-15-7-5-6-14(12-15)22-2/h3-9,12-13H,10-11H2,1-2H3,(H,20,21). The molecule has 0 aliphatic carbocycles. The van der Waals surface area contributed by atoms with Gasteiger partial charge >= 0.3 is 0 Å². The molecular weight excluding hydrogens is 330 g/mol. The first-order chi connectivity index (χ1) is 11.6. The molecule has 1 N–H and O–H groups in total. The fourth-order valence-electron chi connectivity index (χ4n) is 1.96. The molecule has 0 saturated heterocycles. The van der Waals surface area contributed by atoms with Gasteiger partial charge < -0.3 is 19.5 Å². The van der Waals surface area contributed by atoms with Gasteiger partial charge in [-0.2, -0.15) is 0 Å². The highest BCUT2D eigenvalue weighted by atomic mass is 35.5. The maximum absolute atomic E-state index is 12.0. The predicted octanol–water partition coefficient (Wildman–Crippen LogP) is 3.31. The van der Waals surface area contributed by atoms with Crippen LogP contribution in [0.5, 0.6) is 17.2 Å². The molecule has 5 nitrogen and oxygen atoms in total. The average molecular weight is 350 g/mol. The summed E-state index contributed by atoms with van der Waals surface area (Å²) in [5.74, 6) is 1.65. The molecule has 0 aliphatic rings. The van der Waals surface area contributed by atoms with Crippen molar-refractivity contribution in [2.45, 2.75) is 13.0 Å². The number of rotatable bonds is 8. The van der Waals surface area contributed by atoms with Crippen LogP contribution in [0, 0.1) is 0 Å². The number of methoxy groups -OCH3 is 1. The van der Waals surface area contributed by atoms with E-state index in [0.29, 0.717) is 29.7 Å². The van der Waals surface area contributed by atoms with Crippen LogP contribution >= 0.6 is 11.6 Å². The summed E-state index contributed by atoms with van der Waals surface area (Å²) >= 11 is 6.01. The minimum Gasteiger partial charge on any atom is -0.497 e. The number of amides is 1. The molecule has 2 rings (SSSR count). The molecule has 0 spiro atoms. The molecule has 0 bridgehead atoms. The minimum atomic E-state index is -0.651. The molecule has 1 unspecified atom stereocenters. The largest absolute Gasteiger partial charge is 0.497 e. The molecule has 1 amide bonds. The number of para-hydroxylation sites is 1. The van der Waals surface area contributed by atoms with E-state index in [0.717, 1.165) is 5.75 Å². The third kappa shape index (κ3) is 5.35. The summed E-state index contributed by atoms with van der Waals surface area (Å²) in [4.78, 5) is 12.0. The first-order valence-electron chi connectivity index (χ1n) is 7.56. The molecule has 2 aromatic carbocycles. The molecule has 0 aliphatic heterocycles. The Morgan fingerprint density at radius 3 is 2.67 bits per heavy atom. The molecule has 0 heterocycles. The van der Waals surface area contributed by atoms with Crippen molar-refractivity contribution < 1.29 is 19.0 Å². The molecule has 0 saturated carbocycles. The second kappa shape index (κ2) is 9.03. The summed E-state index contributed by atoms with van der Waals surface area (Å²) in [6.45, 7) is 2.38. The van der Waals surface area contributed by atoms with Crippen LogP contribution in [-0.4, -0.2) is 32.3 Å². The summed E-state index contributed by atoms with van der Waals surface area (Å²) in [6, 6.07) is 14.3. The second-order valence-electron chi connectivity index (χ2n) is 5.01. The first-order valence-corrected chi connectivity index (χ1v) is 7.93. The quantitative estimate of drug-likeness (QED) is 0.743. The Morgan fingerprint density at radius 1 is 1.17 bits per heavy atom. The van der Waals surface area contributed by atoms with Crippen LogP contribution in [0.1, 0.15) is 6.92 Å². The lowest BCUT2D eigenvalue weighted by atomic mass is 10.3. The van der Waals surface area contributed by atoms with E-state index >= 15 is 0 Å². The zero-order valence-electron chi connectivity index (χ0n) is 13.6. The normalized spacial score (nSPS) is 11.5. The number of carbonyl (C=O) groups excluding carboxylic acids is 1. The lowest BCUT2D eigenvalue weighted by Crippen LogP contribution is -2.38. The van der Waals surface area contributed by atoms with E-state index in [1.54, 1.807) is 44.4 Å². The molecule has 128 valence electrons. The van der Waals surface area contributed by atoms with Crippen molar-refractivity contribution in [1.82, 2.24) is 5.32 Å². The second-order valence-corrected chi connectivity index (χ2v) is 5.42. The number of ether oxygens (including phenoxy) is 3. The van der Waals surface area contributed by atoms with Gasteiger partial charge in [-0.05, 0) is 31.2 Å². The van der Waals surface area contributed by atoms with Gasteiger partial charge in [0, 0.05) is 6.07 Å². The van der Waals surface area contributed by atoms with Gasteiger partial charge in [0.05, 0.1) is 18.7 Å². The van der Waals surface area contributed by atoms with Crippen molar-refractivity contribution in [2.75, 3.05) is 20.3 Å². The summed E-state index contributed by atoms with van der Waals surface area (Å²) < 4.78 is 16.2. The lowest BCUT2D eigenvalue weighted by molar-refractivity contribution is -0.127. The van der Waals surface area contributed by atoms with Crippen molar-refractivity contribution in [2.24, 2.45) is 0 Å². The van der Waals surface area contributed by atoms with Crippen molar-refractivity contribution in [1.29, 1.82) is 0 Å². The highest BCUT2D eigenvalue weighted by Crippen LogP contribution is 2.24. The Labute approximate surface area is 146 Å². The number of hydrogen-bond donors (Lipinski definition) is 1. The van der Waals surface area contributed by atoms with Crippen LogP contribution in [0.15, 0.2) is 48.5 Å². The molecule has 1 atom stereocenters. The predicted molar refractivity (Wildman–Crippen MR) is 93.0 cm³/mol. The SMILES string of the molecule is COc1cccc(OCCNC(=O)C(C)Oc2ccccc2Cl)c1. The van der Waals surface area contributed by atoms with E-state index < -0.39 is 6.10 Å². The van der Waals surface area contributed by atoms with Gasteiger partial charge in [0.25, 0.3) is 5.91 Å². The van der Waals surface area contributed by atoms with Crippen molar-refractivity contribution in [3.63, 3.8) is 0 Å². The molecular formula is C18H20ClNO4. The number of benzene rings is 2. The van der Waals surface area contributed by atoms with Crippen LogP contribution in [0.25, 0.3) is 0 Å². The third-order valence-electron chi connectivity index (χ3n) is 3.22. The fraction of sp³-hybridized carbons (Fsp3) is 0.278. The Balaban J connectivity index is 1.73. The molecule has 0 fully saturated rings. The Bertz CT molecular complexity index is 678. The topological polar surface area (TPSA) is 56.8 Å². The molecule has 0 radical (unpaired) electrons. The van der Waals surface area contributed by atoms with Gasteiger partial charge in [-0.25, -0.2) is 0 Å². The van der Waals surface area contributed by atoms with Crippen molar-refractivity contribution in [3.8, 4) is 17.2 Å². The summed E-state index contributed by atoms with van der Waals surface area (Å²) in [5, 5.41) is 3.23. The fourth-order valence-corrected chi connectivity index (χ4v) is 2.14. The van der Waals surface area contributed by atoms with Crippen molar-refractivity contribution in [3.05, 3.63) is 53.6 Å². The van der Waals surface area contributed by atoms with Crippen molar-refractivity contribution >= 4 is 17.5 Å². The summed E-state index contributed by atoms with van der Waals surface area (Å²) in [5.41, 5.74) is 0. The van der Waals surface area contributed by atoms with Gasteiger partial charge in [0.2, 0.25) is 0 Å². The third-order valence-corrected chi connectivity index (χ3v) is 3.53. The van der Waals surface area contributed by atoms with Crippen LogP contribution in [-0.2, 0) is 4.79 Å². The van der Waals surface area contributed by atoms with Crippen LogP contribution in [0.3, 0.4) is 0 Å². The molecule has 24 heavy (non-hydrogen) atoms. The van der Waals surface area contributed by atoms with Crippen LogP contribution in [0.4, 0.5) is 0 Å². The zero-order chi connectivity index (χ0) is 17.4. The summed E-state index contributed by atoms with van der Waals surface area (Å²) in [6.07, 6.45) is -0.651. The van der Waals surface area contributed by atoms with Gasteiger partial charge in [0.1, 0.15) is 23.9 Å². The maximum atomic E-state index is 12.0. The van der Waals surface area contributed by atoms with Gasteiger partial charge in [-0.1, -0.05) is 29.8 Å². The summed E-state index contributed by atoms with van der Waals surface area (Å²) in [7, 11) is 1.60. The maximum Gasteiger partial charge on any atom is 0.260 e. The first kappa shape index (κ1) is 17.9. The highest BCUT2D eigenvalue weighted by Gasteiger charge is 2.15. The Hall–Kier alpha value is -2.40. The van der Waals surface area contributed by atoms with Gasteiger partial charge in [0.15, 0.2) is 6.10 Å². The van der Waals surface area contributed by atoms with E-state index in [1.165, 1.54) is 0 Å². The number of halogens is 1. The minimum absolute atomic E-state index is 0.232. The van der Waals surface area contributed by atoms with E-state index in [-0.39, 0.29) is 5.91 Å². The number of carbonyl (C=O) groups is 1. The average Bonchev–Trinajstić information content (AvgIpc) is 2.60. The Morgan fingerprint density at radius 2 is 1.92 bits per heavy atom. The monoisotopic (exact) mass is 349 g/mol. The van der Waals surface area contributed by atoms with Gasteiger partial charge in [-0.3, -0.25) is 4.79 Å². The molecule has 0 aromatic heterocycles. The van der Waals surface area contributed by atoms with E-state index in [1.807, 2.05) is 18.2 Å². The van der Waals surface area contributed by atoms with Gasteiger partial charge in [-0.15, -0.1) is 0 Å². The van der Waals surface area contributed by atoms with Crippen LogP contribution < -0.4 is 19.5 Å². The Kier molecular flexibility index (Phi) is 6.75. The molecule has 6 heteroatoms. The molecule has 2 aromatic rings. The lowest BCUT2D eigenvalue weighted by Gasteiger charge is -2.15. The number of nitrogens with one attached hydrogen (secondary N) is 1. The van der Waals surface area contributed by atoms with E-state index in [9.17, 15) is 4.79 Å². The number of hydrogen-bond acceptors (Lipinski definition) is 4. The van der Waals surface area contributed by atoms with E-state index in [4.69, 9.17) is 25.8 Å².